The maximum absolute atomic E-state index is 13.5. The van der Waals surface area contributed by atoms with Crippen LogP contribution in [0.1, 0.15) is 67.3 Å². The van der Waals surface area contributed by atoms with Crippen molar-refractivity contribution in [3.05, 3.63) is 65.5 Å². The molecule has 2 aliphatic rings. The van der Waals surface area contributed by atoms with E-state index in [1.54, 1.807) is 0 Å². The van der Waals surface area contributed by atoms with Crippen molar-refractivity contribution in [1.82, 2.24) is 10.6 Å². The number of aliphatic hydroxyl groups excluding tert-OH is 1. The van der Waals surface area contributed by atoms with E-state index < -0.39 is 29.6 Å². The maximum Gasteiger partial charge on any atom is 0.255 e. The number of nitrogens with one attached hydrogen (secondary N) is 2. The highest BCUT2D eigenvalue weighted by atomic mass is 19.1. The molecule has 1 saturated carbocycles. The van der Waals surface area contributed by atoms with Crippen molar-refractivity contribution in [2.75, 3.05) is 13.2 Å². The van der Waals surface area contributed by atoms with Crippen LogP contribution >= 0.6 is 0 Å². The van der Waals surface area contributed by atoms with Gasteiger partial charge in [-0.3, -0.25) is 9.59 Å². The van der Waals surface area contributed by atoms with Gasteiger partial charge in [0.2, 0.25) is 5.91 Å². The predicted molar refractivity (Wildman–Crippen MR) is 142 cm³/mol. The number of rotatable bonds is 10. The van der Waals surface area contributed by atoms with Crippen molar-refractivity contribution < 1.29 is 28.9 Å². The molecule has 0 aromatic heterocycles. The van der Waals surface area contributed by atoms with Gasteiger partial charge < -0.3 is 25.6 Å². The lowest BCUT2D eigenvalue weighted by atomic mass is 9.80. The molecule has 1 saturated heterocycles. The molecule has 206 valence electrons. The Balaban J connectivity index is 1.51. The molecular formula is C30H39FN2O5. The van der Waals surface area contributed by atoms with E-state index in [4.69, 9.17) is 4.74 Å². The van der Waals surface area contributed by atoms with E-state index >= 15 is 0 Å². The van der Waals surface area contributed by atoms with E-state index in [0.717, 1.165) is 43.4 Å². The molecule has 8 heteroatoms. The quantitative estimate of drug-likeness (QED) is 0.373. The Labute approximate surface area is 223 Å². The minimum atomic E-state index is -0.955. The molecule has 0 bridgehead atoms. The van der Waals surface area contributed by atoms with Gasteiger partial charge >= 0.3 is 0 Å². The highest BCUT2D eigenvalue weighted by Gasteiger charge is 2.33. The number of amides is 2. The third-order valence-electron chi connectivity index (χ3n) is 7.92. The van der Waals surface area contributed by atoms with Crippen molar-refractivity contribution >= 4 is 11.8 Å². The smallest absolute Gasteiger partial charge is 0.255 e. The molecule has 1 aliphatic carbocycles. The number of phenolic OH excluding ortho intramolecular Hbond substituents is 1. The van der Waals surface area contributed by atoms with Crippen LogP contribution in [0.25, 0.3) is 0 Å². The third-order valence-corrected chi connectivity index (χ3v) is 7.92. The van der Waals surface area contributed by atoms with E-state index in [-0.39, 0.29) is 29.3 Å². The zero-order valence-electron chi connectivity index (χ0n) is 21.8. The molecular weight excluding hydrogens is 487 g/mol. The van der Waals surface area contributed by atoms with Crippen LogP contribution < -0.4 is 10.6 Å². The topological polar surface area (TPSA) is 108 Å². The summed E-state index contributed by atoms with van der Waals surface area (Å²) in [4.78, 5) is 26.2. The van der Waals surface area contributed by atoms with Gasteiger partial charge in [-0.2, -0.15) is 0 Å². The van der Waals surface area contributed by atoms with Crippen molar-refractivity contribution in [3.63, 3.8) is 0 Å². The molecule has 2 unspecified atom stereocenters. The Morgan fingerprint density at radius 2 is 1.68 bits per heavy atom. The maximum atomic E-state index is 13.5. The minimum Gasteiger partial charge on any atom is -0.507 e. The zero-order valence-corrected chi connectivity index (χ0v) is 21.8. The van der Waals surface area contributed by atoms with Crippen LogP contribution in [0.2, 0.25) is 0 Å². The molecule has 4 N–H and O–H groups in total. The zero-order chi connectivity index (χ0) is 26.9. The van der Waals surface area contributed by atoms with E-state index in [9.17, 15) is 24.2 Å². The number of halogens is 1. The number of hydrogen-bond acceptors (Lipinski definition) is 5. The van der Waals surface area contributed by atoms with Gasteiger partial charge in [-0.15, -0.1) is 0 Å². The standard InChI is InChI=1S/C30H39FN2O5/c31-23-11-12-24(27(34)18-23)30(37)33-26(17-20-7-3-1-4-8-20)28(35)19-25(21-9-5-2-6-10-21)32-29(36)22-13-15-38-16-14-22/h1,3-4,7-8,11-12,18,21-22,25-26,28,34-35H,2,5-6,9-10,13-17,19H2,(H,32,36)(H,33,37)/t25?,26?,28-/m0/s1. The van der Waals surface area contributed by atoms with Crippen molar-refractivity contribution in [2.24, 2.45) is 11.8 Å². The number of phenols is 1. The average molecular weight is 527 g/mol. The minimum absolute atomic E-state index is 0.0101. The Hall–Kier alpha value is -2.97. The van der Waals surface area contributed by atoms with E-state index in [1.807, 2.05) is 30.3 Å². The van der Waals surface area contributed by atoms with Gasteiger partial charge in [0, 0.05) is 31.2 Å². The fraction of sp³-hybridized carbons (Fsp3) is 0.533. The van der Waals surface area contributed by atoms with Gasteiger partial charge in [0.05, 0.1) is 17.7 Å². The number of hydrogen-bond donors (Lipinski definition) is 4. The summed E-state index contributed by atoms with van der Waals surface area (Å²) in [6.45, 7) is 1.16. The van der Waals surface area contributed by atoms with Crippen LogP contribution in [0.4, 0.5) is 4.39 Å². The van der Waals surface area contributed by atoms with E-state index in [2.05, 4.69) is 10.6 Å². The largest absolute Gasteiger partial charge is 0.507 e. The Kier molecular flexibility index (Phi) is 10.1. The van der Waals surface area contributed by atoms with Crippen LogP contribution in [0.15, 0.2) is 48.5 Å². The lowest BCUT2D eigenvalue weighted by Crippen LogP contribution is -2.51. The summed E-state index contributed by atoms with van der Waals surface area (Å²) in [5, 5.41) is 27.7. The molecule has 4 rings (SSSR count). The first-order chi connectivity index (χ1) is 18.4. The number of carbonyl (C=O) groups is 2. The second-order valence-corrected chi connectivity index (χ2v) is 10.6. The highest BCUT2D eigenvalue weighted by Crippen LogP contribution is 2.30. The van der Waals surface area contributed by atoms with Gasteiger partial charge in [0.15, 0.2) is 0 Å². The average Bonchev–Trinajstić information content (AvgIpc) is 2.93. The first-order valence-corrected chi connectivity index (χ1v) is 13.8. The number of aliphatic hydroxyl groups is 1. The molecule has 3 atom stereocenters. The molecule has 38 heavy (non-hydrogen) atoms. The lowest BCUT2D eigenvalue weighted by Gasteiger charge is -2.35. The van der Waals surface area contributed by atoms with E-state index in [0.29, 0.717) is 38.9 Å². The fourth-order valence-electron chi connectivity index (χ4n) is 5.68. The number of ether oxygens (including phenoxy) is 1. The summed E-state index contributed by atoms with van der Waals surface area (Å²) in [5.74, 6) is -1.52. The molecule has 7 nitrogen and oxygen atoms in total. The van der Waals surface area contributed by atoms with Crippen LogP contribution in [0.3, 0.4) is 0 Å². The number of aromatic hydroxyl groups is 1. The normalized spacial score (nSPS) is 19.3. The predicted octanol–water partition coefficient (Wildman–Crippen LogP) is 4.12. The lowest BCUT2D eigenvalue weighted by molar-refractivity contribution is -0.129. The molecule has 1 heterocycles. The molecule has 2 aromatic carbocycles. The number of benzene rings is 2. The SMILES string of the molecule is O=C(NC(Cc1ccccc1)[C@@H](O)CC(NC(=O)C1CCOCC1)C1CCCCC1)c1ccc(F)cc1O. The highest BCUT2D eigenvalue weighted by molar-refractivity contribution is 5.97. The fourth-order valence-corrected chi connectivity index (χ4v) is 5.68. The summed E-state index contributed by atoms with van der Waals surface area (Å²) in [6.07, 6.45) is 6.44. The van der Waals surface area contributed by atoms with Crippen LogP contribution in [0.5, 0.6) is 5.75 Å². The van der Waals surface area contributed by atoms with Crippen LogP contribution in [0, 0.1) is 17.7 Å². The summed E-state index contributed by atoms with van der Waals surface area (Å²) in [6, 6.07) is 11.9. The Morgan fingerprint density at radius 3 is 2.37 bits per heavy atom. The molecule has 2 aromatic rings. The summed E-state index contributed by atoms with van der Waals surface area (Å²) in [5.41, 5.74) is 0.869. The third kappa shape index (κ3) is 7.77. The Bertz CT molecular complexity index is 1050. The molecule has 0 spiro atoms. The van der Waals surface area contributed by atoms with Crippen molar-refractivity contribution in [2.45, 2.75) is 76.0 Å². The monoisotopic (exact) mass is 526 g/mol. The summed E-state index contributed by atoms with van der Waals surface area (Å²) >= 11 is 0. The van der Waals surface area contributed by atoms with Crippen LogP contribution in [-0.2, 0) is 16.0 Å². The first-order valence-electron chi connectivity index (χ1n) is 13.8. The second kappa shape index (κ2) is 13.7. The summed E-state index contributed by atoms with van der Waals surface area (Å²) < 4.78 is 18.9. The van der Waals surface area contributed by atoms with Crippen molar-refractivity contribution in [1.29, 1.82) is 0 Å². The molecule has 1 aliphatic heterocycles. The first kappa shape index (κ1) is 28.0. The van der Waals surface area contributed by atoms with Gasteiger partial charge in [-0.05, 0) is 62.1 Å². The van der Waals surface area contributed by atoms with Crippen molar-refractivity contribution in [3.8, 4) is 5.75 Å². The molecule has 2 fully saturated rings. The van der Waals surface area contributed by atoms with Gasteiger partial charge in [-0.1, -0.05) is 49.6 Å². The van der Waals surface area contributed by atoms with Crippen LogP contribution in [-0.4, -0.2) is 53.4 Å². The van der Waals surface area contributed by atoms with E-state index in [1.165, 1.54) is 12.5 Å². The summed E-state index contributed by atoms with van der Waals surface area (Å²) in [7, 11) is 0. The second-order valence-electron chi connectivity index (χ2n) is 10.6. The van der Waals surface area contributed by atoms with Gasteiger partial charge in [-0.25, -0.2) is 4.39 Å². The molecule has 0 radical (unpaired) electrons. The number of carbonyl (C=O) groups excluding carboxylic acids is 2. The Morgan fingerprint density at radius 1 is 0.974 bits per heavy atom. The molecule has 2 amide bonds. The van der Waals surface area contributed by atoms with Gasteiger partial charge in [0.25, 0.3) is 5.91 Å². The van der Waals surface area contributed by atoms with Gasteiger partial charge in [0.1, 0.15) is 11.6 Å².